The number of benzene rings is 2. The second-order valence-electron chi connectivity index (χ2n) is 9.57. The Morgan fingerprint density at radius 3 is 2.60 bits per heavy atom. The lowest BCUT2D eigenvalue weighted by molar-refractivity contribution is -0.310. The van der Waals surface area contributed by atoms with E-state index in [4.69, 9.17) is 14.0 Å². The van der Waals surface area contributed by atoms with E-state index in [1.165, 1.54) is 6.07 Å². The first-order chi connectivity index (χ1) is 20.2. The number of fused-ring (bicyclic) bond motifs is 1. The quantitative estimate of drug-likeness (QED) is 0.213. The third-order valence-electron chi connectivity index (χ3n) is 6.37. The lowest BCUT2D eigenvalue weighted by Gasteiger charge is -2.23. The number of nitrogens with zero attached hydrogens (tertiary/aromatic N) is 2. The van der Waals surface area contributed by atoms with E-state index in [2.05, 4.69) is 26.7 Å². The zero-order valence-electron chi connectivity index (χ0n) is 23.6. The minimum atomic E-state index is -4.11. The van der Waals surface area contributed by atoms with Crippen LogP contribution in [-0.4, -0.2) is 56.1 Å². The smallest absolute Gasteiger partial charge is 0.328 e. The number of carbonyl (C=O) groups excluding carboxylic acids is 2. The number of hydroxylamine groups is 1. The highest BCUT2D eigenvalue weighted by molar-refractivity contribution is 7.94. The van der Waals surface area contributed by atoms with E-state index in [1.807, 2.05) is 31.2 Å². The number of urea groups is 1. The second kappa shape index (κ2) is 14.4. The molecule has 2 heterocycles. The number of carboxylic acid groups (broad SMARTS) is 1. The van der Waals surface area contributed by atoms with Crippen molar-refractivity contribution in [3.63, 3.8) is 0 Å². The molecule has 2 aliphatic rings. The standard InChI is InChI=1S/C28H35N5O7S2/c1-3-5-17-41-31-27-26(23(14-16-39-27)30-40-19-25(34)35)33(41)18-20-10-12-21(13-11-20)22-8-6-7-9-24(22)42(37,38)32-28(36)29-15-4-2/h6-13H,3-5,14-19H2,1-2H3,(H3-,29,30,31,32,34,35,36). The fraction of sp³-hybridized carbons (Fsp3) is 0.393. The molecule has 0 radical (unpaired) electrons. The molecule has 12 nitrogen and oxygen atoms in total. The number of hydrogen-bond donors (Lipinski definition) is 3. The molecule has 2 aliphatic heterocycles. The largest absolute Gasteiger partial charge is 0.548 e. The van der Waals surface area contributed by atoms with Gasteiger partial charge in [-0.3, -0.25) is 10.3 Å². The van der Waals surface area contributed by atoms with E-state index >= 15 is 0 Å². The molecular weight excluding hydrogens is 582 g/mol. The summed E-state index contributed by atoms with van der Waals surface area (Å²) in [5, 5.41) is 13.3. The Morgan fingerprint density at radius 1 is 1.12 bits per heavy atom. The monoisotopic (exact) mass is 617 g/mol. The number of hydrogen-bond acceptors (Lipinski definition) is 10. The highest BCUT2D eigenvalue weighted by atomic mass is 32.2. The molecule has 2 aromatic carbocycles. The fourth-order valence-corrected chi connectivity index (χ4v) is 7.50. The first-order valence-corrected chi connectivity index (χ1v) is 16.5. The molecule has 0 aliphatic carbocycles. The van der Waals surface area contributed by atoms with Crippen LogP contribution in [0.1, 0.15) is 45.1 Å². The molecule has 1 atom stereocenters. The highest BCUT2D eigenvalue weighted by Gasteiger charge is 2.45. The summed E-state index contributed by atoms with van der Waals surface area (Å²) in [5.41, 5.74) is 6.29. The van der Waals surface area contributed by atoms with Crippen LogP contribution in [0.5, 0.6) is 0 Å². The van der Waals surface area contributed by atoms with Crippen LogP contribution in [0, 0.1) is 0 Å². The molecular formula is C28H35N5O7S2. The predicted molar refractivity (Wildman–Crippen MR) is 158 cm³/mol. The lowest BCUT2D eigenvalue weighted by Crippen LogP contribution is -2.39. The number of rotatable bonds is 14. The SMILES string of the molecule is CCCC[S+]1N=C2OCCC(NOCC(=O)[O-])=C2N1Cc1ccc(-c2ccccc2S(=O)(=O)NC(=O)NCCC)cc1. The van der Waals surface area contributed by atoms with Crippen LogP contribution in [0.3, 0.4) is 0 Å². The third kappa shape index (κ3) is 7.75. The number of ether oxygens (including phenoxy) is 1. The van der Waals surface area contributed by atoms with Crippen molar-refractivity contribution in [3.05, 3.63) is 65.5 Å². The summed E-state index contributed by atoms with van der Waals surface area (Å²) in [7, 11) is -4.11. The third-order valence-corrected chi connectivity index (χ3v) is 9.61. The van der Waals surface area contributed by atoms with Gasteiger partial charge in [-0.1, -0.05) is 62.7 Å². The minimum Gasteiger partial charge on any atom is -0.548 e. The van der Waals surface area contributed by atoms with E-state index < -0.39 is 39.9 Å². The number of sulfonamides is 1. The van der Waals surface area contributed by atoms with Gasteiger partial charge in [-0.25, -0.2) is 17.9 Å². The van der Waals surface area contributed by atoms with Gasteiger partial charge in [-0.15, -0.1) is 0 Å². The molecule has 3 N–H and O–H groups in total. The predicted octanol–water partition coefficient (Wildman–Crippen LogP) is 2.12. The van der Waals surface area contributed by atoms with Gasteiger partial charge in [0.15, 0.2) is 11.4 Å². The molecule has 0 fully saturated rings. The summed E-state index contributed by atoms with van der Waals surface area (Å²) >= 11 is -0.497. The molecule has 0 bridgehead atoms. The van der Waals surface area contributed by atoms with E-state index in [0.29, 0.717) is 55.3 Å². The Hall–Kier alpha value is -3.75. The molecule has 0 saturated carbocycles. The zero-order valence-corrected chi connectivity index (χ0v) is 25.2. The molecule has 226 valence electrons. The summed E-state index contributed by atoms with van der Waals surface area (Å²) in [4.78, 5) is 28.0. The summed E-state index contributed by atoms with van der Waals surface area (Å²) < 4.78 is 41.0. The van der Waals surface area contributed by atoms with Crippen LogP contribution in [0.4, 0.5) is 4.79 Å². The molecule has 2 amide bonds. The van der Waals surface area contributed by atoms with E-state index in [-0.39, 0.29) is 4.90 Å². The van der Waals surface area contributed by atoms with Gasteiger partial charge >= 0.3 is 6.03 Å². The Balaban J connectivity index is 1.57. The number of carbonyl (C=O) groups is 2. The molecule has 0 saturated heterocycles. The van der Waals surface area contributed by atoms with Crippen molar-refractivity contribution < 1.29 is 32.7 Å². The Morgan fingerprint density at radius 2 is 1.88 bits per heavy atom. The fourth-order valence-electron chi connectivity index (χ4n) is 4.35. The van der Waals surface area contributed by atoms with Crippen LogP contribution in [0.2, 0.25) is 0 Å². The molecule has 14 heteroatoms. The first-order valence-electron chi connectivity index (χ1n) is 13.7. The number of carboxylic acids is 1. The van der Waals surface area contributed by atoms with Crippen LogP contribution in [0.15, 0.2) is 69.2 Å². The lowest BCUT2D eigenvalue weighted by atomic mass is 10.0. The maximum absolute atomic E-state index is 13.0. The van der Waals surface area contributed by atoms with Crippen molar-refractivity contribution >= 4 is 39.2 Å². The molecule has 4 rings (SSSR count). The summed E-state index contributed by atoms with van der Waals surface area (Å²) in [6.07, 6.45) is 3.16. The summed E-state index contributed by atoms with van der Waals surface area (Å²) in [5.74, 6) is 0.0128. The molecule has 42 heavy (non-hydrogen) atoms. The molecule has 2 aromatic rings. The van der Waals surface area contributed by atoms with Crippen LogP contribution in [-0.2, 0) is 42.2 Å². The molecule has 0 aromatic heterocycles. The van der Waals surface area contributed by atoms with Crippen LogP contribution >= 0.6 is 0 Å². The van der Waals surface area contributed by atoms with Crippen molar-refractivity contribution in [3.8, 4) is 11.1 Å². The van der Waals surface area contributed by atoms with Crippen LogP contribution in [0.25, 0.3) is 11.1 Å². The van der Waals surface area contributed by atoms with Gasteiger partial charge in [-0.05, 0) is 30.0 Å². The van der Waals surface area contributed by atoms with Crippen molar-refractivity contribution in [1.29, 1.82) is 0 Å². The van der Waals surface area contributed by atoms with Crippen molar-refractivity contribution in [2.24, 2.45) is 4.40 Å². The second-order valence-corrected chi connectivity index (χ2v) is 12.9. The van der Waals surface area contributed by atoms with Gasteiger partial charge in [-0.2, -0.15) is 4.31 Å². The van der Waals surface area contributed by atoms with Crippen molar-refractivity contribution in [2.75, 3.05) is 25.5 Å². The van der Waals surface area contributed by atoms with E-state index in [0.717, 1.165) is 29.9 Å². The van der Waals surface area contributed by atoms with Gasteiger partial charge in [0.25, 0.3) is 27.2 Å². The van der Waals surface area contributed by atoms with E-state index in [1.54, 1.807) is 18.2 Å². The maximum Gasteiger partial charge on any atom is 0.328 e. The number of amides is 2. The normalized spacial score (nSPS) is 16.4. The Labute approximate surface area is 248 Å². The van der Waals surface area contributed by atoms with Crippen molar-refractivity contribution in [1.82, 2.24) is 19.8 Å². The average molecular weight is 618 g/mol. The highest BCUT2D eigenvalue weighted by Crippen LogP contribution is 2.34. The van der Waals surface area contributed by atoms with Gasteiger partial charge < -0.3 is 20.0 Å². The number of nitrogens with one attached hydrogen (secondary N) is 3. The van der Waals surface area contributed by atoms with Gasteiger partial charge in [0.05, 0.1) is 29.7 Å². The zero-order chi connectivity index (χ0) is 30.1. The Kier molecular flexibility index (Phi) is 10.7. The summed E-state index contributed by atoms with van der Waals surface area (Å²) in [6, 6.07) is 13.3. The van der Waals surface area contributed by atoms with Gasteiger partial charge in [0.1, 0.15) is 6.61 Å². The van der Waals surface area contributed by atoms with Crippen LogP contribution < -0.4 is 20.6 Å². The van der Waals surface area contributed by atoms with Gasteiger partial charge in [0, 0.05) is 22.9 Å². The molecule has 0 spiro atoms. The molecule has 1 unspecified atom stereocenters. The topological polar surface area (TPSA) is 161 Å². The maximum atomic E-state index is 13.0. The Bertz CT molecular complexity index is 1440. The van der Waals surface area contributed by atoms with Crippen molar-refractivity contribution in [2.45, 2.75) is 51.0 Å². The number of aliphatic carboxylic acids is 1. The summed E-state index contributed by atoms with van der Waals surface area (Å²) in [6.45, 7) is 4.64. The van der Waals surface area contributed by atoms with Gasteiger partial charge in [0.2, 0.25) is 0 Å². The average Bonchev–Trinajstić information content (AvgIpc) is 3.32. The first kappa shape index (κ1) is 31.2. The minimum absolute atomic E-state index is 0.000110. The van der Waals surface area contributed by atoms with E-state index in [9.17, 15) is 23.1 Å². The number of unbranched alkanes of at least 4 members (excludes halogenated alkanes) is 1.